The lowest BCUT2D eigenvalue weighted by Gasteiger charge is -2.39. The van der Waals surface area contributed by atoms with Crippen LogP contribution in [0, 0.1) is 10.1 Å². The van der Waals surface area contributed by atoms with Crippen molar-refractivity contribution in [3.05, 3.63) is 33.9 Å². The highest BCUT2D eigenvalue weighted by Crippen LogP contribution is 2.37. The molecule has 90 valence electrons. The third kappa shape index (κ3) is 2.27. The lowest BCUT2D eigenvalue weighted by atomic mass is 9.78. The van der Waals surface area contributed by atoms with Crippen molar-refractivity contribution in [1.82, 2.24) is 0 Å². The molecule has 1 saturated carbocycles. The molecule has 1 aliphatic carbocycles. The quantitative estimate of drug-likeness (QED) is 0.494. The number of benzene rings is 1. The summed E-state index contributed by atoms with van der Waals surface area (Å²) in [5.41, 5.74) is 0.722. The van der Waals surface area contributed by atoms with Crippen molar-refractivity contribution in [2.24, 2.45) is 0 Å². The van der Waals surface area contributed by atoms with Crippen molar-refractivity contribution >= 4 is 17.7 Å². The van der Waals surface area contributed by atoms with E-state index in [9.17, 15) is 14.9 Å². The SMILES string of the molecule is CC1(Nc2ccc(C=O)cc2[N+](=O)[O-])CCC1. The molecule has 1 N–H and O–H groups in total. The monoisotopic (exact) mass is 234 g/mol. The fourth-order valence-corrected chi connectivity index (χ4v) is 2.04. The van der Waals surface area contributed by atoms with E-state index in [-0.39, 0.29) is 11.2 Å². The van der Waals surface area contributed by atoms with E-state index in [2.05, 4.69) is 5.32 Å². The molecule has 1 aliphatic rings. The second-order valence-electron chi connectivity index (χ2n) is 4.69. The summed E-state index contributed by atoms with van der Waals surface area (Å²) in [5.74, 6) is 0. The van der Waals surface area contributed by atoms with Crippen LogP contribution in [0.5, 0.6) is 0 Å². The summed E-state index contributed by atoms with van der Waals surface area (Å²) < 4.78 is 0. The minimum absolute atomic E-state index is 0.0391. The summed E-state index contributed by atoms with van der Waals surface area (Å²) in [4.78, 5) is 21.1. The van der Waals surface area contributed by atoms with Gasteiger partial charge >= 0.3 is 0 Å². The van der Waals surface area contributed by atoms with Gasteiger partial charge in [0.15, 0.2) is 0 Å². The molecule has 5 nitrogen and oxygen atoms in total. The van der Waals surface area contributed by atoms with Crippen LogP contribution in [0.2, 0.25) is 0 Å². The second-order valence-corrected chi connectivity index (χ2v) is 4.69. The minimum atomic E-state index is -0.461. The largest absolute Gasteiger partial charge is 0.374 e. The number of carbonyl (C=O) groups is 1. The molecule has 1 aromatic rings. The Morgan fingerprint density at radius 3 is 2.65 bits per heavy atom. The summed E-state index contributed by atoms with van der Waals surface area (Å²) in [6.07, 6.45) is 3.78. The van der Waals surface area contributed by atoms with Gasteiger partial charge in [0.2, 0.25) is 0 Å². The predicted octanol–water partition coefficient (Wildman–Crippen LogP) is 2.76. The number of nitro benzene ring substituents is 1. The van der Waals surface area contributed by atoms with E-state index in [1.165, 1.54) is 6.07 Å². The maximum Gasteiger partial charge on any atom is 0.293 e. The molecule has 2 rings (SSSR count). The summed E-state index contributed by atoms with van der Waals surface area (Å²) in [7, 11) is 0. The van der Waals surface area contributed by atoms with Crippen LogP contribution in [-0.2, 0) is 0 Å². The van der Waals surface area contributed by atoms with Gasteiger partial charge < -0.3 is 5.32 Å². The van der Waals surface area contributed by atoms with E-state index in [0.29, 0.717) is 17.5 Å². The third-order valence-corrected chi connectivity index (χ3v) is 3.25. The lowest BCUT2D eigenvalue weighted by Crippen LogP contribution is -2.41. The molecule has 17 heavy (non-hydrogen) atoms. The smallest absolute Gasteiger partial charge is 0.293 e. The topological polar surface area (TPSA) is 72.2 Å². The molecule has 1 fully saturated rings. The molecule has 0 amide bonds. The Morgan fingerprint density at radius 2 is 2.18 bits per heavy atom. The van der Waals surface area contributed by atoms with Gasteiger partial charge in [0.25, 0.3) is 5.69 Å². The van der Waals surface area contributed by atoms with E-state index >= 15 is 0 Å². The van der Waals surface area contributed by atoms with Gasteiger partial charge in [-0.25, -0.2) is 0 Å². The molecule has 0 spiro atoms. The highest BCUT2D eigenvalue weighted by Gasteiger charge is 2.33. The summed E-state index contributed by atoms with van der Waals surface area (Å²) in [6, 6.07) is 4.49. The number of nitro groups is 1. The fourth-order valence-electron chi connectivity index (χ4n) is 2.04. The number of hydrogen-bond acceptors (Lipinski definition) is 4. The number of aldehydes is 1. The molecular weight excluding hydrogens is 220 g/mol. The highest BCUT2D eigenvalue weighted by molar-refractivity contribution is 5.79. The maximum atomic E-state index is 10.9. The molecule has 0 atom stereocenters. The second kappa shape index (κ2) is 4.16. The number of hydrogen-bond donors (Lipinski definition) is 1. The molecule has 0 aliphatic heterocycles. The van der Waals surface area contributed by atoms with Gasteiger partial charge in [0.1, 0.15) is 12.0 Å². The van der Waals surface area contributed by atoms with Crippen LogP contribution < -0.4 is 5.32 Å². The first kappa shape index (κ1) is 11.6. The first-order valence-corrected chi connectivity index (χ1v) is 5.56. The molecule has 5 heteroatoms. The van der Waals surface area contributed by atoms with Gasteiger partial charge in [0, 0.05) is 17.2 Å². The Kier molecular flexibility index (Phi) is 2.83. The van der Waals surface area contributed by atoms with Crippen molar-refractivity contribution in [3.8, 4) is 0 Å². The normalized spacial score (nSPS) is 17.0. The van der Waals surface area contributed by atoms with Crippen LogP contribution in [0.25, 0.3) is 0 Å². The molecule has 0 saturated heterocycles. The van der Waals surface area contributed by atoms with Gasteiger partial charge in [-0.3, -0.25) is 14.9 Å². The van der Waals surface area contributed by atoms with Crippen molar-refractivity contribution in [2.45, 2.75) is 31.7 Å². The van der Waals surface area contributed by atoms with Crippen molar-refractivity contribution in [2.75, 3.05) is 5.32 Å². The number of carbonyl (C=O) groups excluding carboxylic acids is 1. The van der Waals surface area contributed by atoms with Crippen LogP contribution >= 0.6 is 0 Å². The van der Waals surface area contributed by atoms with Crippen LogP contribution in [0.1, 0.15) is 36.5 Å². The highest BCUT2D eigenvalue weighted by atomic mass is 16.6. The molecule has 1 aromatic carbocycles. The Labute approximate surface area is 99.0 Å². The van der Waals surface area contributed by atoms with E-state index in [0.717, 1.165) is 19.3 Å². The van der Waals surface area contributed by atoms with Gasteiger partial charge in [-0.1, -0.05) is 0 Å². The van der Waals surface area contributed by atoms with Crippen molar-refractivity contribution in [3.63, 3.8) is 0 Å². The van der Waals surface area contributed by atoms with Crippen LogP contribution in [0.3, 0.4) is 0 Å². The molecular formula is C12H14N2O3. The zero-order valence-corrected chi connectivity index (χ0v) is 9.60. The van der Waals surface area contributed by atoms with E-state index < -0.39 is 4.92 Å². The Hall–Kier alpha value is -1.91. The molecule has 0 aromatic heterocycles. The maximum absolute atomic E-state index is 10.9. The van der Waals surface area contributed by atoms with E-state index in [4.69, 9.17) is 0 Å². The third-order valence-electron chi connectivity index (χ3n) is 3.25. The Morgan fingerprint density at radius 1 is 1.47 bits per heavy atom. The average molecular weight is 234 g/mol. The van der Waals surface area contributed by atoms with Gasteiger partial charge in [0.05, 0.1) is 4.92 Å². The summed E-state index contributed by atoms with van der Waals surface area (Å²) in [5, 5.41) is 14.1. The summed E-state index contributed by atoms with van der Waals surface area (Å²) in [6.45, 7) is 2.05. The average Bonchev–Trinajstić information content (AvgIpc) is 2.27. The Bertz CT molecular complexity index is 467. The van der Waals surface area contributed by atoms with Gasteiger partial charge in [-0.05, 0) is 38.3 Å². The summed E-state index contributed by atoms with van der Waals surface area (Å²) >= 11 is 0. The van der Waals surface area contributed by atoms with Gasteiger partial charge in [-0.15, -0.1) is 0 Å². The zero-order chi connectivity index (χ0) is 12.5. The number of rotatable bonds is 4. The number of anilines is 1. The van der Waals surface area contributed by atoms with Crippen LogP contribution in [-0.4, -0.2) is 16.7 Å². The molecule has 0 bridgehead atoms. The van der Waals surface area contributed by atoms with Gasteiger partial charge in [-0.2, -0.15) is 0 Å². The van der Waals surface area contributed by atoms with E-state index in [1.54, 1.807) is 12.1 Å². The first-order valence-electron chi connectivity index (χ1n) is 5.56. The molecule has 0 heterocycles. The van der Waals surface area contributed by atoms with Crippen molar-refractivity contribution < 1.29 is 9.72 Å². The minimum Gasteiger partial charge on any atom is -0.374 e. The number of nitrogens with one attached hydrogen (secondary N) is 1. The molecule has 0 unspecified atom stereocenters. The van der Waals surface area contributed by atoms with Crippen LogP contribution in [0.15, 0.2) is 18.2 Å². The number of nitrogens with zero attached hydrogens (tertiary/aromatic N) is 1. The standard InChI is InChI=1S/C12H14N2O3/c1-12(5-2-6-12)13-10-4-3-9(8-15)7-11(10)14(16)17/h3-4,7-8,13H,2,5-6H2,1H3. The van der Waals surface area contributed by atoms with Crippen LogP contribution in [0.4, 0.5) is 11.4 Å². The van der Waals surface area contributed by atoms with E-state index in [1.807, 2.05) is 6.92 Å². The zero-order valence-electron chi connectivity index (χ0n) is 9.60. The molecule has 0 radical (unpaired) electrons. The lowest BCUT2D eigenvalue weighted by molar-refractivity contribution is -0.384. The van der Waals surface area contributed by atoms with Crippen molar-refractivity contribution in [1.29, 1.82) is 0 Å². The Balaban J connectivity index is 2.32. The predicted molar refractivity (Wildman–Crippen MR) is 64.4 cm³/mol. The first-order chi connectivity index (χ1) is 8.04. The fraction of sp³-hybridized carbons (Fsp3) is 0.417.